The van der Waals surface area contributed by atoms with E-state index in [4.69, 9.17) is 0 Å². The third-order valence-corrected chi connectivity index (χ3v) is 3.65. The third-order valence-electron chi connectivity index (χ3n) is 3.65. The Balaban J connectivity index is -0.000000323. The summed E-state index contributed by atoms with van der Waals surface area (Å²) in [4.78, 5) is 0. The molecule has 0 spiro atoms. The van der Waals surface area contributed by atoms with E-state index in [0.29, 0.717) is 0 Å². The molecule has 0 heterocycles. The highest BCUT2D eigenvalue weighted by Crippen LogP contribution is 2.00. The molecule has 0 aliphatic carbocycles. The van der Waals surface area contributed by atoms with E-state index in [1.165, 1.54) is 33.4 Å². The van der Waals surface area contributed by atoms with Crippen LogP contribution in [0.3, 0.4) is 0 Å². The van der Waals surface area contributed by atoms with Crippen LogP contribution in [0, 0.1) is 41.5 Å². The fourth-order valence-electron chi connectivity index (χ4n) is 1.91. The molecule has 0 unspecified atom stereocenters. The highest BCUT2D eigenvalue weighted by atomic mass is 13.9. The largest absolute Gasteiger partial charge is 0.0683 e. The number of hydrogen-bond donors (Lipinski definition) is 0. The predicted molar refractivity (Wildman–Crippen MR) is 142 cm³/mol. The summed E-state index contributed by atoms with van der Waals surface area (Å²) in [6, 6.07) is 25.4. The molecule has 0 aromatic heterocycles. The Kier molecular flexibility index (Phi) is 24.7. The van der Waals surface area contributed by atoms with Gasteiger partial charge in [-0.05, 0) is 41.5 Å². The van der Waals surface area contributed by atoms with Crippen LogP contribution in [0.1, 0.15) is 74.9 Å². The average Bonchev–Trinajstić information content (AvgIpc) is 2.79. The summed E-state index contributed by atoms with van der Waals surface area (Å²) < 4.78 is 0. The Bertz CT molecular complexity index is 520. The minimum atomic E-state index is 1.33. The van der Waals surface area contributed by atoms with Crippen molar-refractivity contribution in [3.8, 4) is 0 Å². The number of rotatable bonds is 0. The maximum Gasteiger partial charge on any atom is -0.0398 e. The summed E-state index contributed by atoms with van der Waals surface area (Å²) in [5.74, 6) is 0. The molecule has 0 atom stereocenters. The van der Waals surface area contributed by atoms with Crippen molar-refractivity contribution in [2.75, 3.05) is 0 Å². The molecular formula is C30H48. The number of hydrogen-bond acceptors (Lipinski definition) is 0. The number of aryl methyl sites for hydroxylation is 6. The van der Waals surface area contributed by atoms with Crippen molar-refractivity contribution in [1.29, 1.82) is 0 Å². The molecule has 30 heavy (non-hydrogen) atoms. The molecule has 0 N–H and O–H groups in total. The molecule has 3 aromatic carbocycles. The molecule has 0 fully saturated rings. The average molecular weight is 409 g/mol. The summed E-state index contributed by atoms with van der Waals surface area (Å²) in [5.41, 5.74) is 7.98. The van der Waals surface area contributed by atoms with Crippen LogP contribution in [-0.4, -0.2) is 0 Å². The molecule has 0 bridgehead atoms. The minimum Gasteiger partial charge on any atom is -0.0683 e. The smallest absolute Gasteiger partial charge is 0.0398 e. The molecule has 3 rings (SSSR count). The van der Waals surface area contributed by atoms with Crippen LogP contribution in [0.4, 0.5) is 0 Å². The van der Waals surface area contributed by atoms with Gasteiger partial charge in [0.1, 0.15) is 0 Å². The van der Waals surface area contributed by atoms with Gasteiger partial charge in [0.2, 0.25) is 0 Å². The Morgan fingerprint density at radius 2 is 0.300 bits per heavy atom. The summed E-state index contributed by atoms with van der Waals surface area (Å²) in [7, 11) is 0. The van der Waals surface area contributed by atoms with Gasteiger partial charge in [0, 0.05) is 0 Å². The summed E-state index contributed by atoms with van der Waals surface area (Å²) in [5, 5.41) is 0. The van der Waals surface area contributed by atoms with Gasteiger partial charge in [-0.15, -0.1) is 0 Å². The summed E-state index contributed by atoms with van der Waals surface area (Å²) in [6.45, 7) is 24.6. The maximum atomic E-state index is 2.12. The zero-order valence-corrected chi connectivity index (χ0v) is 21.9. The molecule has 0 heteroatoms. The second kappa shape index (κ2) is 22.9. The SMILES string of the molecule is CC.CC.CC.Cc1ccc(C)cc1.Cc1ccc(C)cc1.Cc1ccc(C)cc1. The molecular weight excluding hydrogens is 360 g/mol. The van der Waals surface area contributed by atoms with Gasteiger partial charge in [0.25, 0.3) is 0 Å². The van der Waals surface area contributed by atoms with Gasteiger partial charge < -0.3 is 0 Å². The summed E-state index contributed by atoms with van der Waals surface area (Å²) in [6.07, 6.45) is 0. The number of benzene rings is 3. The molecule has 0 aliphatic heterocycles. The van der Waals surface area contributed by atoms with Crippen molar-refractivity contribution < 1.29 is 0 Å². The van der Waals surface area contributed by atoms with Crippen LogP contribution in [0.15, 0.2) is 72.8 Å². The Morgan fingerprint density at radius 3 is 0.367 bits per heavy atom. The predicted octanol–water partition coefficient (Wildman–Crippen LogP) is 9.99. The standard InChI is InChI=1S/3C8H10.3C2H6/c3*1-7-3-5-8(2)6-4-7;3*1-2/h3*3-6H,1-2H3;3*1-2H3. The van der Waals surface area contributed by atoms with Gasteiger partial charge in [-0.3, -0.25) is 0 Å². The van der Waals surface area contributed by atoms with E-state index in [-0.39, 0.29) is 0 Å². The molecule has 0 saturated carbocycles. The summed E-state index contributed by atoms with van der Waals surface area (Å²) >= 11 is 0. The second-order valence-electron chi connectivity index (χ2n) is 6.46. The Labute approximate surface area is 189 Å². The van der Waals surface area contributed by atoms with Gasteiger partial charge in [-0.1, -0.05) is 148 Å². The second-order valence-corrected chi connectivity index (χ2v) is 6.46. The van der Waals surface area contributed by atoms with E-state index >= 15 is 0 Å². The quantitative estimate of drug-likeness (QED) is 0.347. The van der Waals surface area contributed by atoms with Crippen LogP contribution < -0.4 is 0 Å². The Morgan fingerprint density at radius 1 is 0.233 bits per heavy atom. The zero-order valence-electron chi connectivity index (χ0n) is 21.9. The first kappa shape index (κ1) is 32.3. The molecule has 0 amide bonds. The molecule has 0 saturated heterocycles. The van der Waals surface area contributed by atoms with Gasteiger partial charge in [0.05, 0.1) is 0 Å². The van der Waals surface area contributed by atoms with E-state index in [0.717, 1.165) is 0 Å². The minimum absolute atomic E-state index is 1.33. The normalized spacial score (nSPS) is 8.00. The first-order chi connectivity index (χ1) is 14.4. The van der Waals surface area contributed by atoms with Gasteiger partial charge >= 0.3 is 0 Å². The van der Waals surface area contributed by atoms with E-state index in [2.05, 4.69) is 114 Å². The fraction of sp³-hybridized carbons (Fsp3) is 0.400. The van der Waals surface area contributed by atoms with Crippen molar-refractivity contribution in [2.45, 2.75) is 83.1 Å². The van der Waals surface area contributed by atoms with E-state index in [9.17, 15) is 0 Å². The van der Waals surface area contributed by atoms with Gasteiger partial charge in [-0.25, -0.2) is 0 Å². The van der Waals surface area contributed by atoms with Crippen LogP contribution in [0.2, 0.25) is 0 Å². The lowest BCUT2D eigenvalue weighted by Gasteiger charge is -1.90. The highest BCUT2D eigenvalue weighted by Gasteiger charge is 1.81. The fourth-order valence-corrected chi connectivity index (χ4v) is 1.91. The van der Waals surface area contributed by atoms with Crippen LogP contribution in [0.5, 0.6) is 0 Å². The lowest BCUT2D eigenvalue weighted by Crippen LogP contribution is -1.70. The van der Waals surface area contributed by atoms with E-state index < -0.39 is 0 Å². The monoisotopic (exact) mass is 408 g/mol. The van der Waals surface area contributed by atoms with Crippen LogP contribution in [-0.2, 0) is 0 Å². The molecule has 0 aliphatic rings. The van der Waals surface area contributed by atoms with Crippen LogP contribution >= 0.6 is 0 Å². The maximum absolute atomic E-state index is 2.12. The van der Waals surface area contributed by atoms with E-state index in [1.807, 2.05) is 41.5 Å². The molecule has 168 valence electrons. The van der Waals surface area contributed by atoms with Crippen molar-refractivity contribution in [2.24, 2.45) is 0 Å². The molecule has 0 radical (unpaired) electrons. The lowest BCUT2D eigenvalue weighted by atomic mass is 10.2. The van der Waals surface area contributed by atoms with Crippen molar-refractivity contribution in [1.82, 2.24) is 0 Å². The topological polar surface area (TPSA) is 0 Å². The Hall–Kier alpha value is -2.34. The van der Waals surface area contributed by atoms with Gasteiger partial charge in [0.15, 0.2) is 0 Å². The zero-order chi connectivity index (χ0) is 23.9. The van der Waals surface area contributed by atoms with Crippen molar-refractivity contribution in [3.05, 3.63) is 106 Å². The third kappa shape index (κ3) is 20.4. The van der Waals surface area contributed by atoms with E-state index in [1.54, 1.807) is 0 Å². The first-order valence-corrected chi connectivity index (χ1v) is 11.5. The lowest BCUT2D eigenvalue weighted by molar-refractivity contribution is 1.40. The first-order valence-electron chi connectivity index (χ1n) is 11.5. The van der Waals surface area contributed by atoms with Crippen molar-refractivity contribution in [3.63, 3.8) is 0 Å². The molecule has 0 nitrogen and oxygen atoms in total. The highest BCUT2D eigenvalue weighted by molar-refractivity contribution is 5.20. The van der Waals surface area contributed by atoms with Crippen molar-refractivity contribution >= 4 is 0 Å². The molecule has 3 aromatic rings. The van der Waals surface area contributed by atoms with Crippen LogP contribution in [0.25, 0.3) is 0 Å². The van der Waals surface area contributed by atoms with Gasteiger partial charge in [-0.2, -0.15) is 0 Å².